The van der Waals surface area contributed by atoms with Crippen molar-refractivity contribution in [1.29, 1.82) is 0 Å². The van der Waals surface area contributed by atoms with Crippen LogP contribution in [0.15, 0.2) is 0 Å². The van der Waals surface area contributed by atoms with Crippen LogP contribution in [0, 0.1) is 5.92 Å². The van der Waals surface area contributed by atoms with Crippen LogP contribution in [0.2, 0.25) is 0 Å². The lowest BCUT2D eigenvalue weighted by molar-refractivity contribution is -0.143. The molecule has 0 rings (SSSR count). The van der Waals surface area contributed by atoms with Gasteiger partial charge in [0.25, 0.3) is 0 Å². The van der Waals surface area contributed by atoms with Crippen molar-refractivity contribution in [3.05, 3.63) is 0 Å². The molecular formula is C13H27NO3. The molecule has 2 N–H and O–H groups in total. The van der Waals surface area contributed by atoms with Crippen LogP contribution in [0.5, 0.6) is 0 Å². The molecule has 0 aromatic rings. The zero-order chi connectivity index (χ0) is 12.9. The summed E-state index contributed by atoms with van der Waals surface area (Å²) in [6.45, 7) is 6.64. The number of nitrogens with one attached hydrogen (secondary N) is 1. The summed E-state index contributed by atoms with van der Waals surface area (Å²) in [5, 5.41) is 12.1. The van der Waals surface area contributed by atoms with Gasteiger partial charge in [0, 0.05) is 13.0 Å². The molecule has 0 bridgehead atoms. The highest BCUT2D eigenvalue weighted by molar-refractivity contribution is 5.69. The van der Waals surface area contributed by atoms with Crippen LogP contribution >= 0.6 is 0 Å². The average molecular weight is 245 g/mol. The van der Waals surface area contributed by atoms with Gasteiger partial charge in [-0.1, -0.05) is 13.3 Å². The molecule has 0 fully saturated rings. The molecule has 0 aliphatic carbocycles. The number of aliphatic hydroxyl groups is 1. The van der Waals surface area contributed by atoms with E-state index in [1.54, 1.807) is 0 Å². The van der Waals surface area contributed by atoms with E-state index in [0.29, 0.717) is 18.9 Å². The van der Waals surface area contributed by atoms with Gasteiger partial charge in [-0.05, 0) is 45.2 Å². The average Bonchev–Trinajstić information content (AvgIpc) is 2.28. The standard InChI is InChI=1S/C13H27NO3/c1-3-17-13(16)7-5-4-6-9-14-11-12(2)8-10-15/h12,14-15H,3-11H2,1-2H3. The molecule has 0 aromatic carbocycles. The highest BCUT2D eigenvalue weighted by atomic mass is 16.5. The van der Waals surface area contributed by atoms with Gasteiger partial charge >= 0.3 is 5.97 Å². The van der Waals surface area contributed by atoms with E-state index in [1.165, 1.54) is 0 Å². The van der Waals surface area contributed by atoms with Gasteiger partial charge in [-0.2, -0.15) is 0 Å². The fourth-order valence-corrected chi connectivity index (χ4v) is 1.60. The number of aliphatic hydroxyl groups excluding tert-OH is 1. The number of ether oxygens (including phenoxy) is 1. The first kappa shape index (κ1) is 16.4. The Bertz CT molecular complexity index is 186. The third-order valence-electron chi connectivity index (χ3n) is 2.65. The van der Waals surface area contributed by atoms with Crippen LogP contribution in [0.4, 0.5) is 0 Å². The van der Waals surface area contributed by atoms with Crippen molar-refractivity contribution in [1.82, 2.24) is 5.32 Å². The number of esters is 1. The maximum atomic E-state index is 11.0. The largest absolute Gasteiger partial charge is 0.466 e. The van der Waals surface area contributed by atoms with Crippen molar-refractivity contribution in [2.45, 2.75) is 46.0 Å². The summed E-state index contributed by atoms with van der Waals surface area (Å²) in [7, 11) is 0. The molecule has 4 nitrogen and oxygen atoms in total. The van der Waals surface area contributed by atoms with Crippen molar-refractivity contribution in [3.8, 4) is 0 Å². The van der Waals surface area contributed by atoms with Gasteiger partial charge in [0.2, 0.25) is 0 Å². The van der Waals surface area contributed by atoms with Gasteiger partial charge in [0.15, 0.2) is 0 Å². The molecule has 1 unspecified atom stereocenters. The molecule has 0 radical (unpaired) electrons. The topological polar surface area (TPSA) is 58.6 Å². The Kier molecular flexibility index (Phi) is 11.4. The smallest absolute Gasteiger partial charge is 0.305 e. The molecule has 0 saturated carbocycles. The molecule has 0 heterocycles. The fourth-order valence-electron chi connectivity index (χ4n) is 1.60. The van der Waals surface area contributed by atoms with E-state index in [1.807, 2.05) is 6.92 Å². The minimum Gasteiger partial charge on any atom is -0.466 e. The predicted molar refractivity (Wildman–Crippen MR) is 68.8 cm³/mol. The third-order valence-corrected chi connectivity index (χ3v) is 2.65. The summed E-state index contributed by atoms with van der Waals surface area (Å²) in [5.41, 5.74) is 0. The number of rotatable bonds is 11. The number of carbonyl (C=O) groups excluding carboxylic acids is 1. The van der Waals surface area contributed by atoms with Crippen molar-refractivity contribution in [2.75, 3.05) is 26.3 Å². The van der Waals surface area contributed by atoms with Crippen LogP contribution in [0.3, 0.4) is 0 Å². The SMILES string of the molecule is CCOC(=O)CCCCCNCC(C)CCO. The summed E-state index contributed by atoms with van der Waals surface area (Å²) in [4.78, 5) is 11.0. The summed E-state index contributed by atoms with van der Waals surface area (Å²) >= 11 is 0. The summed E-state index contributed by atoms with van der Waals surface area (Å²) in [5.74, 6) is 0.441. The normalized spacial score (nSPS) is 12.4. The number of carbonyl (C=O) groups is 1. The Labute approximate surface area is 105 Å². The second kappa shape index (κ2) is 11.9. The van der Waals surface area contributed by atoms with Gasteiger partial charge in [-0.25, -0.2) is 0 Å². The van der Waals surface area contributed by atoms with Gasteiger partial charge in [-0.3, -0.25) is 4.79 Å². The molecule has 0 saturated heterocycles. The lowest BCUT2D eigenvalue weighted by atomic mass is 10.1. The first-order valence-electron chi connectivity index (χ1n) is 6.67. The maximum Gasteiger partial charge on any atom is 0.305 e. The van der Waals surface area contributed by atoms with Crippen molar-refractivity contribution >= 4 is 5.97 Å². The Balaban J connectivity index is 3.16. The van der Waals surface area contributed by atoms with E-state index in [2.05, 4.69) is 12.2 Å². The molecule has 0 aliphatic heterocycles. The molecule has 4 heteroatoms. The molecule has 17 heavy (non-hydrogen) atoms. The lowest BCUT2D eigenvalue weighted by Gasteiger charge is -2.10. The van der Waals surface area contributed by atoms with Crippen LogP contribution in [0.25, 0.3) is 0 Å². The van der Waals surface area contributed by atoms with Gasteiger partial charge in [0.1, 0.15) is 0 Å². The molecule has 0 spiro atoms. The van der Waals surface area contributed by atoms with Crippen molar-refractivity contribution in [2.24, 2.45) is 5.92 Å². The first-order chi connectivity index (χ1) is 8.20. The number of hydrogen-bond acceptors (Lipinski definition) is 4. The van der Waals surface area contributed by atoms with Crippen LogP contribution in [0.1, 0.15) is 46.0 Å². The second-order valence-electron chi connectivity index (χ2n) is 4.44. The molecule has 0 aromatic heterocycles. The molecule has 1 atom stereocenters. The predicted octanol–water partition coefficient (Wildman–Crippen LogP) is 1.72. The van der Waals surface area contributed by atoms with Crippen LogP contribution in [-0.4, -0.2) is 37.4 Å². The maximum absolute atomic E-state index is 11.0. The van der Waals surface area contributed by atoms with Crippen LogP contribution in [-0.2, 0) is 9.53 Å². The number of hydrogen-bond donors (Lipinski definition) is 2. The summed E-state index contributed by atoms with van der Waals surface area (Å²) in [6, 6.07) is 0. The van der Waals surface area contributed by atoms with E-state index < -0.39 is 0 Å². The number of unbranched alkanes of at least 4 members (excludes halogenated alkanes) is 2. The molecule has 0 amide bonds. The van der Waals surface area contributed by atoms with Crippen molar-refractivity contribution in [3.63, 3.8) is 0 Å². The quantitative estimate of drug-likeness (QED) is 0.430. The van der Waals surface area contributed by atoms with E-state index >= 15 is 0 Å². The Morgan fingerprint density at radius 2 is 2.12 bits per heavy atom. The molecular weight excluding hydrogens is 218 g/mol. The zero-order valence-corrected chi connectivity index (χ0v) is 11.2. The first-order valence-corrected chi connectivity index (χ1v) is 6.67. The van der Waals surface area contributed by atoms with Gasteiger partial charge in [0.05, 0.1) is 6.61 Å². The summed E-state index contributed by atoms with van der Waals surface area (Å²) < 4.78 is 4.85. The minimum atomic E-state index is -0.0861. The molecule has 0 aliphatic rings. The van der Waals surface area contributed by atoms with E-state index in [4.69, 9.17) is 9.84 Å². The lowest BCUT2D eigenvalue weighted by Crippen LogP contribution is -2.22. The van der Waals surface area contributed by atoms with E-state index in [-0.39, 0.29) is 12.6 Å². The third kappa shape index (κ3) is 11.6. The Hall–Kier alpha value is -0.610. The van der Waals surface area contributed by atoms with E-state index in [9.17, 15) is 4.79 Å². The summed E-state index contributed by atoms with van der Waals surface area (Å²) in [6.07, 6.45) is 4.45. The zero-order valence-electron chi connectivity index (χ0n) is 11.2. The fraction of sp³-hybridized carbons (Fsp3) is 0.923. The Morgan fingerprint density at radius 1 is 1.35 bits per heavy atom. The molecule has 102 valence electrons. The highest BCUT2D eigenvalue weighted by Crippen LogP contribution is 2.02. The van der Waals surface area contributed by atoms with E-state index in [0.717, 1.165) is 38.8 Å². The monoisotopic (exact) mass is 245 g/mol. The van der Waals surface area contributed by atoms with Crippen LogP contribution < -0.4 is 5.32 Å². The van der Waals surface area contributed by atoms with Gasteiger partial charge < -0.3 is 15.2 Å². The highest BCUT2D eigenvalue weighted by Gasteiger charge is 2.01. The Morgan fingerprint density at radius 3 is 2.76 bits per heavy atom. The second-order valence-corrected chi connectivity index (χ2v) is 4.44. The van der Waals surface area contributed by atoms with Gasteiger partial charge in [-0.15, -0.1) is 0 Å². The van der Waals surface area contributed by atoms with Crippen molar-refractivity contribution < 1.29 is 14.6 Å². The minimum absolute atomic E-state index is 0.0861.